The van der Waals surface area contributed by atoms with Gasteiger partial charge in [0.1, 0.15) is 6.61 Å². The van der Waals surface area contributed by atoms with Crippen LogP contribution < -0.4 is 14.8 Å². The predicted octanol–water partition coefficient (Wildman–Crippen LogP) is 4.56. The zero-order valence-electron chi connectivity index (χ0n) is 12.8. The van der Waals surface area contributed by atoms with Crippen LogP contribution in [0.5, 0.6) is 11.5 Å². The molecule has 0 heterocycles. The molecule has 1 N–H and O–H groups in total. The van der Waals surface area contributed by atoms with Gasteiger partial charge >= 0.3 is 0 Å². The van der Waals surface area contributed by atoms with Crippen molar-refractivity contribution in [1.29, 1.82) is 0 Å². The summed E-state index contributed by atoms with van der Waals surface area (Å²) in [7, 11) is 0. The molecule has 0 fully saturated rings. The number of anilines is 1. The smallest absolute Gasteiger partial charge is 0.255 e. The number of halogens is 1. The lowest BCUT2D eigenvalue weighted by Crippen LogP contribution is -2.12. The van der Waals surface area contributed by atoms with Crippen LogP contribution in [-0.4, -0.2) is 19.1 Å². The van der Waals surface area contributed by atoms with E-state index < -0.39 is 0 Å². The topological polar surface area (TPSA) is 47.6 Å². The average Bonchev–Trinajstić information content (AvgIpc) is 2.56. The van der Waals surface area contributed by atoms with Gasteiger partial charge in [-0.3, -0.25) is 4.79 Å². The molecule has 2 aromatic carbocycles. The Hall–Kier alpha value is -2.46. The first-order valence-corrected chi connectivity index (χ1v) is 7.59. The summed E-state index contributed by atoms with van der Waals surface area (Å²) in [6, 6.07) is 12.0. The van der Waals surface area contributed by atoms with Crippen LogP contribution in [0.25, 0.3) is 0 Å². The Morgan fingerprint density at radius 1 is 1.17 bits per heavy atom. The molecule has 23 heavy (non-hydrogen) atoms. The number of nitrogens with one attached hydrogen (secondary N) is 1. The zero-order valence-corrected chi connectivity index (χ0v) is 13.6. The van der Waals surface area contributed by atoms with Crippen molar-refractivity contribution in [2.75, 3.05) is 18.5 Å². The number of carbonyl (C=O) groups excluding carboxylic acids is 1. The van der Waals surface area contributed by atoms with Crippen molar-refractivity contribution in [3.8, 4) is 11.5 Å². The largest absolute Gasteiger partial charge is 0.490 e. The van der Waals surface area contributed by atoms with Gasteiger partial charge in [0.05, 0.1) is 6.61 Å². The average molecular weight is 332 g/mol. The lowest BCUT2D eigenvalue weighted by molar-refractivity contribution is 0.102. The minimum absolute atomic E-state index is 0.233. The van der Waals surface area contributed by atoms with Crippen molar-refractivity contribution in [3.05, 3.63) is 65.7 Å². The summed E-state index contributed by atoms with van der Waals surface area (Å²) in [5.41, 5.74) is 1.15. The van der Waals surface area contributed by atoms with Crippen LogP contribution in [0.15, 0.2) is 55.1 Å². The van der Waals surface area contributed by atoms with Gasteiger partial charge in [-0.2, -0.15) is 0 Å². The molecule has 2 rings (SSSR count). The normalized spacial score (nSPS) is 10.0. The Morgan fingerprint density at radius 2 is 1.91 bits per heavy atom. The maximum Gasteiger partial charge on any atom is 0.255 e. The van der Waals surface area contributed by atoms with E-state index in [9.17, 15) is 4.79 Å². The van der Waals surface area contributed by atoms with Crippen LogP contribution in [-0.2, 0) is 0 Å². The summed E-state index contributed by atoms with van der Waals surface area (Å²) in [5.74, 6) is 0.872. The van der Waals surface area contributed by atoms with Gasteiger partial charge in [-0.05, 0) is 49.4 Å². The molecule has 1 amide bonds. The van der Waals surface area contributed by atoms with Crippen molar-refractivity contribution < 1.29 is 14.3 Å². The van der Waals surface area contributed by atoms with Gasteiger partial charge in [0, 0.05) is 16.3 Å². The molecule has 0 aromatic heterocycles. The van der Waals surface area contributed by atoms with Gasteiger partial charge < -0.3 is 14.8 Å². The molecule has 0 radical (unpaired) electrons. The Kier molecular flexibility index (Phi) is 6.06. The maximum atomic E-state index is 12.3. The van der Waals surface area contributed by atoms with Crippen LogP contribution in [0.3, 0.4) is 0 Å². The van der Waals surface area contributed by atoms with Gasteiger partial charge in [0.15, 0.2) is 11.5 Å². The molecule has 0 aliphatic rings. The molecule has 0 aliphatic heterocycles. The van der Waals surface area contributed by atoms with E-state index in [1.54, 1.807) is 48.5 Å². The summed E-state index contributed by atoms with van der Waals surface area (Å²) in [6.07, 6.45) is 1.65. The molecule has 0 spiro atoms. The minimum atomic E-state index is -0.233. The summed E-state index contributed by atoms with van der Waals surface area (Å²) in [5, 5.41) is 3.42. The van der Waals surface area contributed by atoms with Crippen molar-refractivity contribution in [3.63, 3.8) is 0 Å². The second-order valence-electron chi connectivity index (χ2n) is 4.66. The molecule has 0 aliphatic carbocycles. The first-order chi connectivity index (χ1) is 11.1. The minimum Gasteiger partial charge on any atom is -0.490 e. The maximum absolute atomic E-state index is 12.3. The highest BCUT2D eigenvalue weighted by Gasteiger charge is 2.12. The highest BCUT2D eigenvalue weighted by Crippen LogP contribution is 2.29. The highest BCUT2D eigenvalue weighted by molar-refractivity contribution is 6.30. The van der Waals surface area contributed by atoms with E-state index in [1.165, 1.54) is 0 Å². The monoisotopic (exact) mass is 331 g/mol. The van der Waals surface area contributed by atoms with Crippen LogP contribution in [0.4, 0.5) is 5.69 Å². The van der Waals surface area contributed by atoms with E-state index in [4.69, 9.17) is 21.1 Å². The molecule has 0 saturated carbocycles. The van der Waals surface area contributed by atoms with E-state index in [1.807, 2.05) is 6.92 Å². The third kappa shape index (κ3) is 4.76. The second kappa shape index (κ2) is 8.25. The number of amides is 1. The van der Waals surface area contributed by atoms with Gasteiger partial charge in [-0.1, -0.05) is 24.3 Å². The van der Waals surface area contributed by atoms with E-state index in [2.05, 4.69) is 11.9 Å². The van der Waals surface area contributed by atoms with Crippen molar-refractivity contribution in [2.45, 2.75) is 6.92 Å². The fraction of sp³-hybridized carbons (Fsp3) is 0.167. The Morgan fingerprint density at radius 3 is 2.57 bits per heavy atom. The van der Waals surface area contributed by atoms with Crippen LogP contribution in [0, 0.1) is 0 Å². The van der Waals surface area contributed by atoms with Gasteiger partial charge in [0.25, 0.3) is 5.91 Å². The van der Waals surface area contributed by atoms with Crippen molar-refractivity contribution >= 4 is 23.2 Å². The molecule has 120 valence electrons. The van der Waals surface area contributed by atoms with E-state index in [-0.39, 0.29) is 5.91 Å². The molecule has 0 atom stereocenters. The molecular weight excluding hydrogens is 314 g/mol. The fourth-order valence-corrected chi connectivity index (χ4v) is 2.05. The molecule has 0 bridgehead atoms. The Bertz CT molecular complexity index is 683. The molecule has 5 heteroatoms. The first-order valence-electron chi connectivity index (χ1n) is 7.21. The molecular formula is C18H18ClNO3. The quantitative estimate of drug-likeness (QED) is 0.757. The highest BCUT2D eigenvalue weighted by atomic mass is 35.5. The third-order valence-corrected chi connectivity index (χ3v) is 3.22. The standard InChI is InChI=1S/C18H18ClNO3/c1-3-11-23-16-10-5-13(12-17(16)22-4-2)18(21)20-15-8-6-14(19)7-9-15/h3,5-10,12H,1,4,11H2,2H3,(H,20,21). The lowest BCUT2D eigenvalue weighted by atomic mass is 10.2. The zero-order chi connectivity index (χ0) is 16.7. The summed E-state index contributed by atoms with van der Waals surface area (Å²) >= 11 is 5.83. The van der Waals surface area contributed by atoms with Gasteiger partial charge in [-0.15, -0.1) is 0 Å². The second-order valence-corrected chi connectivity index (χ2v) is 5.09. The van der Waals surface area contributed by atoms with E-state index in [0.29, 0.717) is 41.0 Å². The van der Waals surface area contributed by atoms with Crippen LogP contribution >= 0.6 is 11.6 Å². The number of benzene rings is 2. The Balaban J connectivity index is 2.17. The predicted molar refractivity (Wildman–Crippen MR) is 92.7 cm³/mol. The molecule has 0 unspecified atom stereocenters. The van der Waals surface area contributed by atoms with Crippen molar-refractivity contribution in [1.82, 2.24) is 0 Å². The first kappa shape index (κ1) is 16.9. The van der Waals surface area contributed by atoms with Crippen LogP contribution in [0.1, 0.15) is 17.3 Å². The fourth-order valence-electron chi connectivity index (χ4n) is 1.92. The number of ether oxygens (including phenoxy) is 2. The number of hydrogen-bond acceptors (Lipinski definition) is 3. The summed E-state index contributed by atoms with van der Waals surface area (Å²) in [4.78, 5) is 12.3. The number of hydrogen-bond donors (Lipinski definition) is 1. The Labute approximate surface area is 140 Å². The van der Waals surface area contributed by atoms with Crippen LogP contribution in [0.2, 0.25) is 5.02 Å². The molecule has 2 aromatic rings. The van der Waals surface area contributed by atoms with Crippen molar-refractivity contribution in [2.24, 2.45) is 0 Å². The number of rotatable bonds is 7. The molecule has 4 nitrogen and oxygen atoms in total. The van der Waals surface area contributed by atoms with E-state index >= 15 is 0 Å². The van der Waals surface area contributed by atoms with E-state index in [0.717, 1.165) is 0 Å². The van der Waals surface area contributed by atoms with Gasteiger partial charge in [0.2, 0.25) is 0 Å². The lowest BCUT2D eigenvalue weighted by Gasteiger charge is -2.12. The van der Waals surface area contributed by atoms with Gasteiger partial charge in [-0.25, -0.2) is 0 Å². The molecule has 0 saturated heterocycles. The third-order valence-electron chi connectivity index (χ3n) is 2.96. The number of carbonyl (C=O) groups is 1. The SMILES string of the molecule is C=CCOc1ccc(C(=O)Nc2ccc(Cl)cc2)cc1OCC. The summed E-state index contributed by atoms with van der Waals surface area (Å²) in [6.45, 7) is 6.33. The summed E-state index contributed by atoms with van der Waals surface area (Å²) < 4.78 is 11.0.